The molecule has 12 heteroatoms. The van der Waals surface area contributed by atoms with Crippen LogP contribution in [0, 0.1) is 6.92 Å². The highest BCUT2D eigenvalue weighted by Crippen LogP contribution is 2.43. The summed E-state index contributed by atoms with van der Waals surface area (Å²) in [6.07, 6.45) is 4.48. The second kappa shape index (κ2) is 8.64. The normalized spacial score (nSPS) is 17.0. The van der Waals surface area contributed by atoms with Gasteiger partial charge in [-0.3, -0.25) is 4.79 Å². The van der Waals surface area contributed by atoms with Gasteiger partial charge in [-0.2, -0.15) is 10.1 Å². The van der Waals surface area contributed by atoms with Gasteiger partial charge in [0.25, 0.3) is 5.91 Å². The predicted octanol–water partition coefficient (Wildman–Crippen LogP) is 3.02. The lowest BCUT2D eigenvalue weighted by atomic mass is 10.1. The number of carbonyl (C=O) groups excluding carboxylic acids is 1. The van der Waals surface area contributed by atoms with E-state index < -0.39 is 6.17 Å². The van der Waals surface area contributed by atoms with E-state index in [1.807, 2.05) is 25.1 Å². The Labute approximate surface area is 203 Å². The predicted molar refractivity (Wildman–Crippen MR) is 126 cm³/mol. The van der Waals surface area contributed by atoms with Gasteiger partial charge < -0.3 is 14.9 Å². The summed E-state index contributed by atoms with van der Waals surface area (Å²) in [7, 11) is 0. The SMILES string of the molecule is Cc1ccc(-c2noc([C@H]3C[C@@H]3F)n2)cc1NC(=O)c1cnn2cc(-c3cn(CCO)nn3)ccc12. The van der Waals surface area contributed by atoms with Crippen LogP contribution in [0.15, 0.2) is 53.4 Å². The Morgan fingerprint density at radius 2 is 2.08 bits per heavy atom. The number of aliphatic hydroxyl groups is 1. The number of hydrogen-bond acceptors (Lipinski definition) is 8. The fourth-order valence-electron chi connectivity index (χ4n) is 3.96. The summed E-state index contributed by atoms with van der Waals surface area (Å²) in [6, 6.07) is 9.07. The average molecular weight is 488 g/mol. The molecule has 4 heterocycles. The zero-order valence-corrected chi connectivity index (χ0v) is 19.2. The second-order valence-corrected chi connectivity index (χ2v) is 8.69. The first kappa shape index (κ1) is 22.0. The molecule has 0 spiro atoms. The molecule has 0 aliphatic heterocycles. The number of hydrogen-bond donors (Lipinski definition) is 2. The quantitative estimate of drug-likeness (QED) is 0.357. The van der Waals surface area contributed by atoms with Crippen LogP contribution in [0.5, 0.6) is 0 Å². The first-order chi connectivity index (χ1) is 17.5. The number of fused-ring (bicyclic) bond motifs is 1. The van der Waals surface area contributed by atoms with Crippen molar-refractivity contribution in [3.8, 4) is 22.6 Å². The van der Waals surface area contributed by atoms with Crippen molar-refractivity contribution in [3.63, 3.8) is 0 Å². The Morgan fingerprint density at radius 1 is 1.25 bits per heavy atom. The molecule has 1 amide bonds. The smallest absolute Gasteiger partial charge is 0.259 e. The van der Waals surface area contributed by atoms with E-state index in [2.05, 4.69) is 30.9 Å². The number of pyridine rings is 1. The maximum atomic E-state index is 13.3. The number of aryl methyl sites for hydroxylation is 1. The lowest BCUT2D eigenvalue weighted by Gasteiger charge is -2.09. The molecular weight excluding hydrogens is 467 g/mol. The maximum Gasteiger partial charge on any atom is 0.259 e. The standard InChI is InChI=1S/C24H21FN8O3/c1-13-2-3-14(22-28-24(36-30-22)16-9-18(16)25)8-19(13)27-23(35)17-10-26-33-11-15(4-5-21(17)33)20-12-32(6-7-34)31-29-20/h2-5,8,10-12,16,18,34H,6-7,9H2,1H3,(H,27,35)/t16-,18-/m0/s1. The van der Waals surface area contributed by atoms with Crippen LogP contribution in [0.2, 0.25) is 0 Å². The van der Waals surface area contributed by atoms with Crippen LogP contribution in [0.3, 0.4) is 0 Å². The number of nitrogens with one attached hydrogen (secondary N) is 1. The van der Waals surface area contributed by atoms with Crippen molar-refractivity contribution in [1.82, 2.24) is 34.7 Å². The van der Waals surface area contributed by atoms with Gasteiger partial charge in [-0.25, -0.2) is 13.6 Å². The molecule has 182 valence electrons. The van der Waals surface area contributed by atoms with Crippen molar-refractivity contribution in [2.75, 3.05) is 11.9 Å². The third-order valence-electron chi connectivity index (χ3n) is 6.14. The largest absolute Gasteiger partial charge is 0.394 e. The van der Waals surface area contributed by atoms with E-state index in [1.54, 1.807) is 33.7 Å². The van der Waals surface area contributed by atoms with Crippen molar-refractivity contribution in [1.29, 1.82) is 0 Å². The van der Waals surface area contributed by atoms with Crippen LogP contribution in [-0.2, 0) is 6.54 Å². The fourth-order valence-corrected chi connectivity index (χ4v) is 3.96. The molecule has 5 aromatic rings. The minimum atomic E-state index is -0.923. The van der Waals surface area contributed by atoms with E-state index in [4.69, 9.17) is 9.63 Å². The molecule has 1 aliphatic carbocycles. The minimum absolute atomic E-state index is 0.0297. The van der Waals surface area contributed by atoms with E-state index in [9.17, 15) is 9.18 Å². The van der Waals surface area contributed by atoms with Gasteiger partial charge >= 0.3 is 0 Å². The van der Waals surface area contributed by atoms with Crippen molar-refractivity contribution < 1.29 is 18.8 Å². The molecule has 1 saturated carbocycles. The Bertz CT molecular complexity index is 1590. The third-order valence-corrected chi connectivity index (χ3v) is 6.14. The third kappa shape index (κ3) is 4.01. The highest BCUT2D eigenvalue weighted by atomic mass is 19.1. The van der Waals surface area contributed by atoms with Gasteiger partial charge in [0.05, 0.1) is 42.5 Å². The van der Waals surface area contributed by atoms with Crippen molar-refractivity contribution in [3.05, 3.63) is 65.9 Å². The zero-order valence-electron chi connectivity index (χ0n) is 19.2. The Kier molecular flexibility index (Phi) is 5.29. The molecule has 4 aromatic heterocycles. The van der Waals surface area contributed by atoms with Gasteiger partial charge in [-0.15, -0.1) is 5.10 Å². The van der Waals surface area contributed by atoms with Crippen LogP contribution < -0.4 is 5.32 Å². The lowest BCUT2D eigenvalue weighted by Crippen LogP contribution is -2.12. The maximum absolute atomic E-state index is 13.3. The molecule has 6 rings (SSSR count). The summed E-state index contributed by atoms with van der Waals surface area (Å²) in [5.41, 5.74) is 4.53. The van der Waals surface area contributed by atoms with E-state index in [-0.39, 0.29) is 18.4 Å². The number of amides is 1. The van der Waals surface area contributed by atoms with E-state index in [0.29, 0.717) is 52.7 Å². The van der Waals surface area contributed by atoms with Crippen LogP contribution in [-0.4, -0.2) is 58.5 Å². The van der Waals surface area contributed by atoms with Crippen LogP contribution in [0.25, 0.3) is 28.2 Å². The van der Waals surface area contributed by atoms with E-state index >= 15 is 0 Å². The first-order valence-corrected chi connectivity index (χ1v) is 11.4. The number of rotatable bonds is 7. The topological polar surface area (TPSA) is 136 Å². The molecule has 36 heavy (non-hydrogen) atoms. The average Bonchev–Trinajstić information content (AvgIpc) is 3.29. The minimum Gasteiger partial charge on any atom is -0.394 e. The fraction of sp³-hybridized carbons (Fsp3) is 0.250. The van der Waals surface area contributed by atoms with Crippen molar-refractivity contribution in [2.24, 2.45) is 0 Å². The van der Waals surface area contributed by atoms with Gasteiger partial charge in [0.2, 0.25) is 11.7 Å². The zero-order chi connectivity index (χ0) is 24.8. The number of alkyl halides is 1. The highest BCUT2D eigenvalue weighted by Gasteiger charge is 2.43. The summed E-state index contributed by atoms with van der Waals surface area (Å²) in [6.45, 7) is 2.21. The molecule has 1 aliphatic rings. The molecule has 0 radical (unpaired) electrons. The Balaban J connectivity index is 1.23. The lowest BCUT2D eigenvalue weighted by molar-refractivity contribution is 0.102. The molecule has 2 N–H and O–H groups in total. The summed E-state index contributed by atoms with van der Waals surface area (Å²) < 4.78 is 21.7. The number of benzene rings is 1. The molecule has 0 bridgehead atoms. The van der Waals surface area contributed by atoms with Crippen LogP contribution >= 0.6 is 0 Å². The van der Waals surface area contributed by atoms with Gasteiger partial charge in [0.1, 0.15) is 11.9 Å². The summed E-state index contributed by atoms with van der Waals surface area (Å²) in [4.78, 5) is 17.5. The number of nitrogens with zero attached hydrogens (tertiary/aromatic N) is 7. The first-order valence-electron chi connectivity index (χ1n) is 11.4. The monoisotopic (exact) mass is 488 g/mol. The van der Waals surface area contributed by atoms with Gasteiger partial charge in [-0.05, 0) is 37.1 Å². The molecule has 1 aromatic carbocycles. The number of aromatic nitrogens is 7. The number of halogens is 1. The van der Waals surface area contributed by atoms with Gasteiger partial charge in [-0.1, -0.05) is 22.5 Å². The molecule has 11 nitrogen and oxygen atoms in total. The molecule has 1 fully saturated rings. The Morgan fingerprint density at radius 3 is 2.89 bits per heavy atom. The van der Waals surface area contributed by atoms with Crippen molar-refractivity contribution in [2.45, 2.75) is 32.0 Å². The van der Waals surface area contributed by atoms with Crippen LogP contribution in [0.4, 0.5) is 10.1 Å². The molecular formula is C24H21FN8O3. The number of carbonyl (C=O) groups is 1. The summed E-state index contributed by atoms with van der Waals surface area (Å²) in [5.74, 6) is 0.00261. The number of aliphatic hydroxyl groups excluding tert-OH is 1. The molecule has 0 saturated heterocycles. The molecule has 2 atom stereocenters. The van der Waals surface area contributed by atoms with Gasteiger partial charge in [0.15, 0.2) is 0 Å². The van der Waals surface area contributed by atoms with E-state index in [0.717, 1.165) is 11.1 Å². The van der Waals surface area contributed by atoms with Gasteiger partial charge in [0, 0.05) is 23.0 Å². The highest BCUT2D eigenvalue weighted by molar-refractivity contribution is 6.09. The number of anilines is 1. The Hall–Kier alpha value is -4.45. The van der Waals surface area contributed by atoms with E-state index in [1.165, 1.54) is 6.20 Å². The summed E-state index contributed by atoms with van der Waals surface area (Å²) >= 11 is 0. The van der Waals surface area contributed by atoms with Crippen molar-refractivity contribution >= 4 is 17.1 Å². The van der Waals surface area contributed by atoms with Crippen LogP contribution in [0.1, 0.15) is 34.2 Å². The second-order valence-electron chi connectivity index (χ2n) is 8.69. The molecule has 0 unspecified atom stereocenters. The summed E-state index contributed by atoms with van der Waals surface area (Å²) in [5, 5.41) is 28.4.